The summed E-state index contributed by atoms with van der Waals surface area (Å²) in [5, 5.41) is 0.597. The van der Waals surface area contributed by atoms with E-state index in [1.54, 1.807) is 0 Å². The quantitative estimate of drug-likeness (QED) is 0.490. The molecule has 4 rings (SSSR count). The van der Waals surface area contributed by atoms with Gasteiger partial charge in [0.2, 0.25) is 0 Å². The molecule has 2 aromatic carbocycles. The summed E-state index contributed by atoms with van der Waals surface area (Å²) in [7, 11) is 2.66. The normalized spacial score (nSPS) is 21.2. The predicted octanol–water partition coefficient (Wildman–Crippen LogP) is 6.25. The van der Waals surface area contributed by atoms with Crippen LogP contribution in [0.2, 0.25) is 0 Å². The molecule has 1 fully saturated rings. The Labute approximate surface area is 194 Å². The monoisotopic (exact) mass is 470 g/mol. The van der Waals surface area contributed by atoms with E-state index in [9.17, 15) is 9.59 Å². The zero-order valence-corrected chi connectivity index (χ0v) is 19.6. The Hall–Kier alpha value is -2.09. The lowest BCUT2D eigenvalue weighted by Crippen LogP contribution is -2.10. The first-order chi connectivity index (χ1) is 15.1. The molecule has 2 aliphatic heterocycles. The van der Waals surface area contributed by atoms with Crippen LogP contribution in [0, 0.1) is 0 Å². The predicted molar refractivity (Wildman–Crippen MR) is 128 cm³/mol. The molecular weight excluding hydrogens is 448 g/mol. The Bertz CT molecular complexity index is 952. The smallest absolute Gasteiger partial charge is 0.346 e. The molecule has 0 N–H and O–H groups in total. The fraction of sp³-hybridized carbons (Fsp3) is 0.250. The summed E-state index contributed by atoms with van der Waals surface area (Å²) in [5.41, 5.74) is 3.83. The number of allylic oxidation sites excluding steroid dienone is 1. The molecular formula is C24H22O4S3. The molecule has 31 heavy (non-hydrogen) atoms. The Morgan fingerprint density at radius 2 is 1.16 bits per heavy atom. The summed E-state index contributed by atoms with van der Waals surface area (Å²) in [4.78, 5) is 25.2. The second kappa shape index (κ2) is 10.0. The molecule has 7 heteroatoms. The van der Waals surface area contributed by atoms with Crippen molar-refractivity contribution < 1.29 is 19.1 Å². The van der Waals surface area contributed by atoms with E-state index in [1.807, 2.05) is 23.9 Å². The first-order valence-corrected chi connectivity index (χ1v) is 12.4. The topological polar surface area (TPSA) is 52.6 Å². The molecule has 4 nitrogen and oxygen atoms in total. The third kappa shape index (κ3) is 4.89. The zero-order valence-electron chi connectivity index (χ0n) is 17.2. The molecule has 0 amide bonds. The van der Waals surface area contributed by atoms with Crippen molar-refractivity contribution in [1.29, 1.82) is 0 Å². The summed E-state index contributed by atoms with van der Waals surface area (Å²) in [6.45, 7) is 0. The molecule has 2 aliphatic rings. The summed E-state index contributed by atoms with van der Waals surface area (Å²) in [6, 6.07) is 21.0. The van der Waals surface area contributed by atoms with Crippen LogP contribution in [0.25, 0.3) is 0 Å². The van der Waals surface area contributed by atoms with Crippen molar-refractivity contribution in [3.8, 4) is 0 Å². The minimum atomic E-state index is -0.502. The number of benzene rings is 2. The van der Waals surface area contributed by atoms with Crippen molar-refractivity contribution in [2.75, 3.05) is 14.2 Å². The Morgan fingerprint density at radius 3 is 1.55 bits per heavy atom. The summed E-state index contributed by atoms with van der Waals surface area (Å²) in [5.74, 6) is -1.00. The third-order valence-corrected chi connectivity index (χ3v) is 9.42. The Balaban J connectivity index is 1.70. The van der Waals surface area contributed by atoms with E-state index in [0.29, 0.717) is 20.3 Å². The van der Waals surface area contributed by atoms with Crippen LogP contribution in [0.4, 0.5) is 0 Å². The lowest BCUT2D eigenvalue weighted by Gasteiger charge is -2.32. The number of hydrogen-bond donors (Lipinski definition) is 0. The second-order valence-corrected chi connectivity index (χ2v) is 10.8. The number of hydrogen-bond acceptors (Lipinski definition) is 7. The first-order valence-electron chi connectivity index (χ1n) is 9.84. The van der Waals surface area contributed by atoms with Gasteiger partial charge in [-0.05, 0) is 29.5 Å². The molecule has 0 radical (unpaired) electrons. The highest BCUT2D eigenvalue weighted by Gasteiger charge is 2.36. The van der Waals surface area contributed by atoms with E-state index < -0.39 is 11.9 Å². The minimum absolute atomic E-state index is 0.299. The van der Waals surface area contributed by atoms with Gasteiger partial charge in [0.05, 0.1) is 14.2 Å². The van der Waals surface area contributed by atoms with Crippen LogP contribution in [0.5, 0.6) is 0 Å². The highest BCUT2D eigenvalue weighted by Crippen LogP contribution is 2.58. The van der Waals surface area contributed by atoms with Crippen LogP contribution in [-0.2, 0) is 19.1 Å². The van der Waals surface area contributed by atoms with Gasteiger partial charge in [-0.15, -0.1) is 11.8 Å². The zero-order chi connectivity index (χ0) is 21.8. The molecule has 2 aromatic rings. The van der Waals surface area contributed by atoms with E-state index in [2.05, 4.69) is 48.5 Å². The highest BCUT2D eigenvalue weighted by molar-refractivity contribution is 8.29. The maximum atomic E-state index is 12.3. The molecule has 2 heterocycles. The number of rotatable bonds is 4. The maximum absolute atomic E-state index is 12.3. The fourth-order valence-electron chi connectivity index (χ4n) is 3.62. The number of methoxy groups -OCH3 is 2. The van der Waals surface area contributed by atoms with Crippen molar-refractivity contribution >= 4 is 47.2 Å². The van der Waals surface area contributed by atoms with Crippen molar-refractivity contribution in [2.45, 2.75) is 23.3 Å². The van der Waals surface area contributed by atoms with Gasteiger partial charge < -0.3 is 9.47 Å². The van der Waals surface area contributed by atoms with Gasteiger partial charge in [-0.2, -0.15) is 0 Å². The maximum Gasteiger partial charge on any atom is 0.346 e. The van der Waals surface area contributed by atoms with Crippen LogP contribution < -0.4 is 0 Å². The van der Waals surface area contributed by atoms with Crippen LogP contribution in [0.3, 0.4) is 0 Å². The molecule has 160 valence electrons. The van der Waals surface area contributed by atoms with Crippen LogP contribution in [0.1, 0.15) is 34.5 Å². The number of carbonyl (C=O) groups is 2. The van der Waals surface area contributed by atoms with Gasteiger partial charge >= 0.3 is 11.9 Å². The molecule has 1 saturated heterocycles. The van der Waals surface area contributed by atoms with Gasteiger partial charge in [-0.1, -0.05) is 84.2 Å². The van der Waals surface area contributed by atoms with Crippen molar-refractivity contribution in [3.05, 3.63) is 91.4 Å². The largest absolute Gasteiger partial charge is 0.465 e. The van der Waals surface area contributed by atoms with Crippen LogP contribution in [-0.4, -0.2) is 26.2 Å². The van der Waals surface area contributed by atoms with E-state index in [4.69, 9.17) is 9.47 Å². The van der Waals surface area contributed by atoms with Crippen molar-refractivity contribution in [2.24, 2.45) is 0 Å². The summed E-state index contributed by atoms with van der Waals surface area (Å²) in [6.07, 6.45) is 1.74. The van der Waals surface area contributed by atoms with E-state index >= 15 is 0 Å². The van der Waals surface area contributed by atoms with Gasteiger partial charge in [-0.3, -0.25) is 0 Å². The van der Waals surface area contributed by atoms with Gasteiger partial charge in [-0.25, -0.2) is 9.59 Å². The van der Waals surface area contributed by atoms with Gasteiger partial charge in [0.1, 0.15) is 9.81 Å². The molecule has 2 atom stereocenters. The van der Waals surface area contributed by atoms with E-state index in [-0.39, 0.29) is 0 Å². The fourth-order valence-corrected chi connectivity index (χ4v) is 7.83. The first kappa shape index (κ1) is 22.1. The van der Waals surface area contributed by atoms with Gasteiger partial charge in [0.15, 0.2) is 0 Å². The van der Waals surface area contributed by atoms with Gasteiger partial charge in [0.25, 0.3) is 0 Å². The number of esters is 2. The molecule has 0 bridgehead atoms. The molecule has 0 aliphatic carbocycles. The second-order valence-electron chi connectivity index (χ2n) is 7.08. The Kier molecular flexibility index (Phi) is 7.15. The molecule has 0 spiro atoms. The SMILES string of the molecule is COC(=O)C1=C(C(=O)OC)SC(=C2CC(c3ccccc3)SC(c3ccccc3)C2)S1. The summed E-state index contributed by atoms with van der Waals surface area (Å²) < 4.78 is 10.8. The minimum Gasteiger partial charge on any atom is -0.465 e. The molecule has 0 aromatic heterocycles. The summed E-state index contributed by atoms with van der Waals surface area (Å²) >= 11 is 4.64. The van der Waals surface area contributed by atoms with Crippen molar-refractivity contribution in [3.63, 3.8) is 0 Å². The molecule has 0 saturated carbocycles. The van der Waals surface area contributed by atoms with E-state index in [1.165, 1.54) is 54.4 Å². The number of carbonyl (C=O) groups excluding carboxylic acids is 2. The third-order valence-electron chi connectivity index (χ3n) is 5.16. The average Bonchev–Trinajstić information content (AvgIpc) is 3.29. The van der Waals surface area contributed by atoms with Crippen molar-refractivity contribution in [1.82, 2.24) is 0 Å². The Morgan fingerprint density at radius 1 is 0.742 bits per heavy atom. The lowest BCUT2D eigenvalue weighted by atomic mass is 9.98. The standard InChI is InChI=1S/C24H22O4S3/c1-27-22(25)20-21(23(26)28-2)31-24(30-20)17-13-18(15-9-5-3-6-10-15)29-19(14-17)16-11-7-4-8-12-16/h3-12,18-19H,13-14H2,1-2H3. The van der Waals surface area contributed by atoms with Gasteiger partial charge in [0, 0.05) is 14.7 Å². The highest BCUT2D eigenvalue weighted by atomic mass is 32.2. The average molecular weight is 471 g/mol. The van der Waals surface area contributed by atoms with E-state index in [0.717, 1.165) is 17.1 Å². The van der Waals surface area contributed by atoms with Crippen LogP contribution >= 0.6 is 35.3 Å². The molecule has 2 unspecified atom stereocenters. The number of thioether (sulfide) groups is 3. The number of ether oxygens (including phenoxy) is 2. The lowest BCUT2D eigenvalue weighted by molar-refractivity contribution is -0.138. The van der Waals surface area contributed by atoms with Crippen LogP contribution in [0.15, 0.2) is 80.3 Å².